The number of unbranched alkanes of at least 4 members (excludes halogenated alkanes) is 5. The van der Waals surface area contributed by atoms with Crippen LogP contribution < -0.4 is 0 Å². The highest BCUT2D eigenvalue weighted by molar-refractivity contribution is 7.92. The predicted octanol–water partition coefficient (Wildman–Crippen LogP) is 5.30. The molecule has 0 aliphatic carbocycles. The summed E-state index contributed by atoms with van der Waals surface area (Å²) in [7, 11) is -2.96. The van der Waals surface area contributed by atoms with Gasteiger partial charge in [0.05, 0.1) is 10.5 Å². The second-order valence-corrected chi connectivity index (χ2v) is 11.3. The molecule has 0 spiro atoms. The van der Waals surface area contributed by atoms with E-state index in [-0.39, 0.29) is 0 Å². The molecule has 0 radical (unpaired) electrons. The van der Waals surface area contributed by atoms with Gasteiger partial charge in [-0.15, -0.1) is 5.10 Å². The van der Waals surface area contributed by atoms with Crippen LogP contribution in [-0.4, -0.2) is 28.5 Å². The van der Waals surface area contributed by atoms with Crippen molar-refractivity contribution in [2.75, 3.05) is 5.75 Å². The second kappa shape index (κ2) is 9.60. The molecule has 26 heavy (non-hydrogen) atoms. The number of hydrogen-bond donors (Lipinski definition) is 0. The van der Waals surface area contributed by atoms with E-state index in [1.54, 1.807) is 20.8 Å². The van der Waals surface area contributed by atoms with Crippen molar-refractivity contribution in [1.29, 1.82) is 0 Å². The Hall–Kier alpha value is -1.27. The van der Waals surface area contributed by atoms with Gasteiger partial charge in [0.25, 0.3) is 0 Å². The SMILES string of the molecule is CC(C)(C)S(=O)(=O)CCCCCCCCc1ccc(-c2csnn2)cc1. The summed E-state index contributed by atoms with van der Waals surface area (Å²) in [4.78, 5) is 0. The van der Waals surface area contributed by atoms with E-state index in [2.05, 4.69) is 33.9 Å². The van der Waals surface area contributed by atoms with Crippen molar-refractivity contribution in [3.63, 3.8) is 0 Å². The van der Waals surface area contributed by atoms with Gasteiger partial charge in [-0.25, -0.2) is 8.42 Å². The Balaban J connectivity index is 1.57. The lowest BCUT2D eigenvalue weighted by molar-refractivity contribution is 0.551. The molecule has 0 bridgehead atoms. The normalized spacial score (nSPS) is 12.4. The molecule has 0 amide bonds. The summed E-state index contributed by atoms with van der Waals surface area (Å²) in [5.74, 6) is 0.317. The van der Waals surface area contributed by atoms with Gasteiger partial charge >= 0.3 is 0 Å². The van der Waals surface area contributed by atoms with Gasteiger partial charge in [0.15, 0.2) is 9.84 Å². The van der Waals surface area contributed by atoms with Crippen molar-refractivity contribution in [2.24, 2.45) is 0 Å². The molecule has 0 saturated carbocycles. The van der Waals surface area contributed by atoms with Gasteiger partial charge < -0.3 is 0 Å². The fourth-order valence-corrected chi connectivity index (χ4v) is 4.43. The third-order valence-electron chi connectivity index (χ3n) is 4.67. The summed E-state index contributed by atoms with van der Waals surface area (Å²) in [6.07, 6.45) is 7.56. The highest BCUT2D eigenvalue weighted by Gasteiger charge is 2.27. The molecular weight excluding hydrogens is 364 g/mol. The molecule has 0 unspecified atom stereocenters. The van der Waals surface area contributed by atoms with Crippen LogP contribution in [0.25, 0.3) is 11.3 Å². The van der Waals surface area contributed by atoms with Gasteiger partial charge in [0.2, 0.25) is 0 Å². The van der Waals surface area contributed by atoms with Gasteiger partial charge in [-0.2, -0.15) is 0 Å². The molecule has 1 aromatic carbocycles. The number of aryl methyl sites for hydroxylation is 1. The van der Waals surface area contributed by atoms with E-state index in [9.17, 15) is 8.42 Å². The number of hydrogen-bond acceptors (Lipinski definition) is 5. The van der Waals surface area contributed by atoms with Crippen LogP contribution in [0.15, 0.2) is 29.6 Å². The molecule has 2 rings (SSSR count). The molecule has 1 heterocycles. The first-order chi connectivity index (χ1) is 12.3. The summed E-state index contributed by atoms with van der Waals surface area (Å²) in [6.45, 7) is 5.34. The van der Waals surface area contributed by atoms with E-state index in [0.717, 1.165) is 36.9 Å². The van der Waals surface area contributed by atoms with Crippen LogP contribution in [0.3, 0.4) is 0 Å². The molecule has 4 nitrogen and oxygen atoms in total. The smallest absolute Gasteiger partial charge is 0.155 e. The van der Waals surface area contributed by atoms with E-state index in [1.165, 1.54) is 36.4 Å². The minimum Gasteiger partial charge on any atom is -0.228 e. The lowest BCUT2D eigenvalue weighted by Crippen LogP contribution is -2.30. The molecule has 0 atom stereocenters. The van der Waals surface area contributed by atoms with Gasteiger partial charge in [-0.1, -0.05) is 54.4 Å². The van der Waals surface area contributed by atoms with Crippen molar-refractivity contribution >= 4 is 21.4 Å². The summed E-state index contributed by atoms with van der Waals surface area (Å²) >= 11 is 1.37. The Morgan fingerprint density at radius 1 is 0.923 bits per heavy atom. The molecule has 0 saturated heterocycles. The standard InChI is InChI=1S/C20H30N2O2S2/c1-20(2,3)26(23,24)15-9-7-5-4-6-8-10-17-11-13-18(14-12-17)19-16-25-22-21-19/h11-14,16H,4-10,15H2,1-3H3. The third kappa shape index (κ3) is 6.47. The average molecular weight is 395 g/mol. The summed E-state index contributed by atoms with van der Waals surface area (Å²) < 4.78 is 27.3. The van der Waals surface area contributed by atoms with Crippen LogP contribution >= 0.6 is 11.5 Å². The zero-order chi connectivity index (χ0) is 19.0. The molecule has 144 valence electrons. The van der Waals surface area contributed by atoms with Crippen LogP contribution in [0.1, 0.15) is 64.9 Å². The van der Waals surface area contributed by atoms with Crippen molar-refractivity contribution in [2.45, 2.75) is 70.5 Å². The number of rotatable bonds is 10. The molecule has 0 N–H and O–H groups in total. The molecular formula is C20H30N2O2S2. The molecule has 0 aliphatic heterocycles. The topological polar surface area (TPSA) is 59.9 Å². The van der Waals surface area contributed by atoms with Gasteiger partial charge in [0, 0.05) is 10.9 Å². The second-order valence-electron chi connectivity index (χ2n) is 7.79. The molecule has 0 aliphatic rings. The van der Waals surface area contributed by atoms with E-state index >= 15 is 0 Å². The number of aromatic nitrogens is 2. The lowest BCUT2D eigenvalue weighted by atomic mass is 10.0. The number of benzene rings is 1. The van der Waals surface area contributed by atoms with Gasteiger partial charge in [0.1, 0.15) is 5.69 Å². The van der Waals surface area contributed by atoms with Crippen LogP contribution in [0, 0.1) is 0 Å². The highest BCUT2D eigenvalue weighted by Crippen LogP contribution is 2.20. The Bertz CT molecular complexity index is 746. The van der Waals surface area contributed by atoms with Crippen LogP contribution in [0.4, 0.5) is 0 Å². The number of sulfone groups is 1. The van der Waals surface area contributed by atoms with E-state index in [1.807, 2.05) is 5.38 Å². The van der Waals surface area contributed by atoms with Crippen molar-refractivity contribution in [3.05, 3.63) is 35.2 Å². The van der Waals surface area contributed by atoms with Crippen LogP contribution in [0.2, 0.25) is 0 Å². The maximum Gasteiger partial charge on any atom is 0.155 e. The molecule has 2 aromatic rings. The highest BCUT2D eigenvalue weighted by atomic mass is 32.2. The lowest BCUT2D eigenvalue weighted by Gasteiger charge is -2.18. The third-order valence-corrected chi connectivity index (χ3v) is 7.87. The summed E-state index contributed by atoms with van der Waals surface area (Å²) in [6, 6.07) is 8.57. The summed E-state index contributed by atoms with van der Waals surface area (Å²) in [5.41, 5.74) is 3.41. The Kier molecular flexibility index (Phi) is 7.77. The Labute approximate surface area is 162 Å². The molecule has 1 aromatic heterocycles. The number of nitrogens with zero attached hydrogens (tertiary/aromatic N) is 2. The monoisotopic (exact) mass is 394 g/mol. The van der Waals surface area contributed by atoms with Gasteiger partial charge in [-0.05, 0) is 57.1 Å². The Morgan fingerprint density at radius 3 is 2.12 bits per heavy atom. The van der Waals surface area contributed by atoms with Crippen molar-refractivity contribution in [3.8, 4) is 11.3 Å². The van der Waals surface area contributed by atoms with E-state index < -0.39 is 14.6 Å². The minimum absolute atomic E-state index is 0.317. The molecule has 6 heteroatoms. The first-order valence-corrected chi connectivity index (χ1v) is 11.9. The predicted molar refractivity (Wildman–Crippen MR) is 110 cm³/mol. The molecule has 0 fully saturated rings. The zero-order valence-corrected chi connectivity index (χ0v) is 17.7. The fraction of sp³-hybridized carbons (Fsp3) is 0.600. The quantitative estimate of drug-likeness (QED) is 0.513. The zero-order valence-electron chi connectivity index (χ0n) is 16.1. The minimum atomic E-state index is -2.96. The van der Waals surface area contributed by atoms with Crippen molar-refractivity contribution in [1.82, 2.24) is 9.59 Å². The van der Waals surface area contributed by atoms with Crippen LogP contribution in [-0.2, 0) is 16.3 Å². The van der Waals surface area contributed by atoms with E-state index in [4.69, 9.17) is 0 Å². The maximum absolute atomic E-state index is 12.0. The maximum atomic E-state index is 12.0. The van der Waals surface area contributed by atoms with Gasteiger partial charge in [-0.3, -0.25) is 0 Å². The van der Waals surface area contributed by atoms with Crippen LogP contribution in [0.5, 0.6) is 0 Å². The van der Waals surface area contributed by atoms with Crippen molar-refractivity contribution < 1.29 is 8.42 Å². The summed E-state index contributed by atoms with van der Waals surface area (Å²) in [5, 5.41) is 6.05. The largest absolute Gasteiger partial charge is 0.228 e. The first kappa shape index (κ1) is 21.0. The fourth-order valence-electron chi connectivity index (χ4n) is 2.77. The van der Waals surface area contributed by atoms with E-state index in [0.29, 0.717) is 5.75 Å². The average Bonchev–Trinajstić information content (AvgIpc) is 3.11. The first-order valence-electron chi connectivity index (χ1n) is 9.38. The Morgan fingerprint density at radius 2 is 1.54 bits per heavy atom.